The predicted molar refractivity (Wildman–Crippen MR) is 134 cm³/mol. The van der Waals surface area contributed by atoms with Crippen molar-refractivity contribution in [3.8, 4) is 0 Å². The van der Waals surface area contributed by atoms with Gasteiger partial charge in [-0.1, -0.05) is 23.2 Å². The molecule has 5 aromatic rings. The first-order valence-corrected chi connectivity index (χ1v) is 11.0. The molecule has 0 aliphatic heterocycles. The average Bonchev–Trinajstić information content (AvgIpc) is 3.28. The SMILES string of the molecule is Cn1c(NC(=O)c2ccc(C(=O)Nc3nc4cc(Cl)ccc4n3C)cc2)nc2cc(Cl)ccc21. The van der Waals surface area contributed by atoms with Crippen molar-refractivity contribution in [1.29, 1.82) is 0 Å². The highest BCUT2D eigenvalue weighted by atomic mass is 35.5. The number of fused-ring (bicyclic) bond motifs is 2. The summed E-state index contributed by atoms with van der Waals surface area (Å²) in [4.78, 5) is 34.3. The van der Waals surface area contributed by atoms with E-state index < -0.39 is 0 Å². The Bertz CT molecular complexity index is 1470. The number of amides is 2. The lowest BCUT2D eigenvalue weighted by atomic mass is 10.1. The maximum Gasteiger partial charge on any atom is 0.257 e. The molecule has 0 bridgehead atoms. The fraction of sp³-hybridized carbons (Fsp3) is 0.0833. The highest BCUT2D eigenvalue weighted by Crippen LogP contribution is 2.23. The molecule has 10 heteroatoms. The van der Waals surface area contributed by atoms with Crippen LogP contribution in [0.25, 0.3) is 22.1 Å². The number of hydrogen-bond donors (Lipinski definition) is 2. The zero-order valence-corrected chi connectivity index (χ0v) is 19.6. The summed E-state index contributed by atoms with van der Waals surface area (Å²) in [6, 6.07) is 17.0. The number of carbonyl (C=O) groups excluding carboxylic acids is 2. The summed E-state index contributed by atoms with van der Waals surface area (Å²) >= 11 is 12.1. The molecule has 8 nitrogen and oxygen atoms in total. The van der Waals surface area contributed by atoms with Crippen molar-refractivity contribution in [2.24, 2.45) is 14.1 Å². The average molecular weight is 493 g/mol. The van der Waals surface area contributed by atoms with E-state index in [4.69, 9.17) is 23.2 Å². The molecule has 2 amide bonds. The molecule has 0 unspecified atom stereocenters. The minimum Gasteiger partial charge on any atom is -0.313 e. The van der Waals surface area contributed by atoms with E-state index >= 15 is 0 Å². The second kappa shape index (κ2) is 8.48. The van der Waals surface area contributed by atoms with E-state index in [1.54, 1.807) is 71.8 Å². The second-order valence-corrected chi connectivity index (χ2v) is 8.61. The summed E-state index contributed by atoms with van der Waals surface area (Å²) < 4.78 is 3.55. The van der Waals surface area contributed by atoms with Gasteiger partial charge in [-0.2, -0.15) is 0 Å². The first-order chi connectivity index (χ1) is 16.3. The van der Waals surface area contributed by atoms with Gasteiger partial charge < -0.3 is 9.13 Å². The molecule has 34 heavy (non-hydrogen) atoms. The summed E-state index contributed by atoms with van der Waals surface area (Å²) in [6.45, 7) is 0. The van der Waals surface area contributed by atoms with Gasteiger partial charge in [0.2, 0.25) is 11.9 Å². The minimum atomic E-state index is -0.344. The Morgan fingerprint density at radius 2 is 1.06 bits per heavy atom. The zero-order valence-electron chi connectivity index (χ0n) is 18.1. The second-order valence-electron chi connectivity index (χ2n) is 7.74. The molecular weight excluding hydrogens is 475 g/mol. The number of anilines is 2. The van der Waals surface area contributed by atoms with Gasteiger partial charge in [0.1, 0.15) is 0 Å². The number of rotatable bonds is 4. The Labute approximate surface area is 204 Å². The highest BCUT2D eigenvalue weighted by Gasteiger charge is 2.15. The van der Waals surface area contributed by atoms with Gasteiger partial charge in [0.15, 0.2) is 0 Å². The maximum absolute atomic E-state index is 12.7. The Morgan fingerprint density at radius 1 is 0.676 bits per heavy atom. The van der Waals surface area contributed by atoms with E-state index in [0.29, 0.717) is 44.1 Å². The lowest BCUT2D eigenvalue weighted by molar-refractivity contribution is 0.101. The van der Waals surface area contributed by atoms with Crippen LogP contribution in [0.2, 0.25) is 10.0 Å². The number of benzene rings is 3. The number of aromatic nitrogens is 4. The Balaban J connectivity index is 1.31. The first kappa shape index (κ1) is 21.9. The predicted octanol–water partition coefficient (Wildman–Crippen LogP) is 5.27. The van der Waals surface area contributed by atoms with Crippen LogP contribution in [0.15, 0.2) is 60.7 Å². The third-order valence-electron chi connectivity index (χ3n) is 5.55. The molecule has 0 fully saturated rings. The Hall–Kier alpha value is -3.88. The van der Waals surface area contributed by atoms with E-state index in [9.17, 15) is 9.59 Å². The summed E-state index contributed by atoms with van der Waals surface area (Å²) in [5.74, 6) is 0.101. The maximum atomic E-state index is 12.7. The van der Waals surface area contributed by atoms with Crippen molar-refractivity contribution in [3.63, 3.8) is 0 Å². The topological polar surface area (TPSA) is 93.8 Å². The lowest BCUT2D eigenvalue weighted by Crippen LogP contribution is -2.17. The monoisotopic (exact) mass is 492 g/mol. The van der Waals surface area contributed by atoms with Crippen LogP contribution in [0.5, 0.6) is 0 Å². The standard InChI is InChI=1S/C24H18Cl2N6O2/c1-31-19-9-7-15(25)11-17(19)27-23(31)29-21(33)13-3-5-14(6-4-13)22(34)30-24-28-18-12-16(26)8-10-20(18)32(24)2/h3-12H,1-2H3,(H,27,29,33)(H,28,30,34). The molecule has 0 spiro atoms. The number of halogens is 2. The van der Waals surface area contributed by atoms with Gasteiger partial charge in [0, 0.05) is 35.3 Å². The third kappa shape index (κ3) is 3.98. The van der Waals surface area contributed by atoms with E-state index in [1.165, 1.54) is 0 Å². The molecule has 0 radical (unpaired) electrons. The molecule has 0 atom stereocenters. The van der Waals surface area contributed by atoms with Crippen molar-refractivity contribution in [2.75, 3.05) is 10.6 Å². The van der Waals surface area contributed by atoms with Crippen LogP contribution in [0, 0.1) is 0 Å². The van der Waals surface area contributed by atoms with Crippen LogP contribution in [0.3, 0.4) is 0 Å². The van der Waals surface area contributed by atoms with Gasteiger partial charge in [-0.15, -0.1) is 0 Å². The van der Waals surface area contributed by atoms with Crippen LogP contribution in [0.1, 0.15) is 20.7 Å². The van der Waals surface area contributed by atoms with Crippen molar-refractivity contribution in [1.82, 2.24) is 19.1 Å². The smallest absolute Gasteiger partial charge is 0.257 e. The Morgan fingerprint density at radius 3 is 1.44 bits per heavy atom. The molecule has 5 rings (SSSR count). The molecule has 0 aliphatic carbocycles. The fourth-order valence-corrected chi connectivity index (χ4v) is 4.02. The molecule has 170 valence electrons. The fourth-order valence-electron chi connectivity index (χ4n) is 3.69. The quantitative estimate of drug-likeness (QED) is 0.357. The number of imidazole rings is 2. The lowest BCUT2D eigenvalue weighted by Gasteiger charge is -2.07. The van der Waals surface area contributed by atoms with Crippen LogP contribution in [0.4, 0.5) is 11.9 Å². The van der Waals surface area contributed by atoms with Gasteiger partial charge in [0.05, 0.1) is 22.1 Å². The van der Waals surface area contributed by atoms with Crippen LogP contribution >= 0.6 is 23.2 Å². The van der Waals surface area contributed by atoms with E-state index in [0.717, 1.165) is 11.0 Å². The van der Waals surface area contributed by atoms with Gasteiger partial charge >= 0.3 is 0 Å². The number of nitrogens with zero attached hydrogens (tertiary/aromatic N) is 4. The minimum absolute atomic E-state index is 0.344. The van der Waals surface area contributed by atoms with Crippen molar-refractivity contribution < 1.29 is 9.59 Å². The first-order valence-electron chi connectivity index (χ1n) is 10.3. The number of hydrogen-bond acceptors (Lipinski definition) is 4. The molecular formula is C24H18Cl2N6O2. The van der Waals surface area contributed by atoms with Crippen LogP contribution in [-0.2, 0) is 14.1 Å². The van der Waals surface area contributed by atoms with Crippen molar-refractivity contribution in [2.45, 2.75) is 0 Å². The van der Waals surface area contributed by atoms with Crippen LogP contribution in [-0.4, -0.2) is 30.9 Å². The molecule has 0 aliphatic rings. The number of nitrogens with one attached hydrogen (secondary N) is 2. The van der Waals surface area contributed by atoms with Crippen molar-refractivity contribution >= 4 is 69.0 Å². The number of aryl methyl sites for hydroxylation is 2. The van der Waals surface area contributed by atoms with Gasteiger partial charge in [-0.3, -0.25) is 20.2 Å². The molecule has 0 saturated carbocycles. The van der Waals surface area contributed by atoms with Crippen molar-refractivity contribution in [3.05, 3.63) is 81.8 Å². The summed E-state index contributed by atoms with van der Waals surface area (Å²) in [5, 5.41) is 6.73. The van der Waals surface area contributed by atoms with E-state index in [-0.39, 0.29) is 11.8 Å². The van der Waals surface area contributed by atoms with E-state index in [2.05, 4.69) is 20.6 Å². The van der Waals surface area contributed by atoms with Gasteiger partial charge in [0.25, 0.3) is 11.8 Å². The number of carbonyl (C=O) groups is 2. The summed E-state index contributed by atoms with van der Waals surface area (Å²) in [5.41, 5.74) is 3.83. The van der Waals surface area contributed by atoms with Crippen LogP contribution < -0.4 is 10.6 Å². The Kier molecular flexibility index (Phi) is 5.47. The zero-order chi connectivity index (χ0) is 24.0. The molecule has 0 saturated heterocycles. The molecule has 2 aromatic heterocycles. The molecule has 3 aromatic carbocycles. The normalized spacial score (nSPS) is 11.2. The highest BCUT2D eigenvalue weighted by molar-refractivity contribution is 6.31. The van der Waals surface area contributed by atoms with Gasteiger partial charge in [-0.25, -0.2) is 9.97 Å². The molecule has 2 heterocycles. The van der Waals surface area contributed by atoms with Gasteiger partial charge in [-0.05, 0) is 60.7 Å². The van der Waals surface area contributed by atoms with E-state index in [1.807, 2.05) is 12.1 Å². The molecule has 2 N–H and O–H groups in total. The summed E-state index contributed by atoms with van der Waals surface area (Å²) in [6.07, 6.45) is 0. The summed E-state index contributed by atoms with van der Waals surface area (Å²) in [7, 11) is 3.61. The third-order valence-corrected chi connectivity index (χ3v) is 6.02. The largest absolute Gasteiger partial charge is 0.313 e.